The van der Waals surface area contributed by atoms with Crippen molar-refractivity contribution in [3.63, 3.8) is 0 Å². The molecule has 1 heterocycles. The maximum Gasteiger partial charge on any atom is 0.146 e. The number of hydrogen-bond acceptors (Lipinski definition) is 3. The van der Waals surface area contributed by atoms with Crippen LogP contribution in [0.25, 0.3) is 0 Å². The lowest BCUT2D eigenvalue weighted by atomic mass is 9.79. The number of fused-ring (bicyclic) bond motifs is 1. The second-order valence-corrected chi connectivity index (χ2v) is 5.17. The highest BCUT2D eigenvalue weighted by Gasteiger charge is 2.26. The third-order valence-corrected chi connectivity index (χ3v) is 3.76. The average molecular weight is 255 g/mol. The van der Waals surface area contributed by atoms with E-state index in [0.29, 0.717) is 6.42 Å². The van der Waals surface area contributed by atoms with Crippen LogP contribution in [0.2, 0.25) is 0 Å². The van der Waals surface area contributed by atoms with E-state index in [1.165, 1.54) is 11.1 Å². The first-order valence-electron chi connectivity index (χ1n) is 6.70. The topological polar surface area (TPSA) is 47.8 Å². The van der Waals surface area contributed by atoms with E-state index in [0.717, 1.165) is 25.0 Å². The summed E-state index contributed by atoms with van der Waals surface area (Å²) in [7, 11) is 1.82. The summed E-state index contributed by atoms with van der Waals surface area (Å²) in [5.41, 5.74) is 3.30. The smallest absolute Gasteiger partial charge is 0.146 e. The van der Waals surface area contributed by atoms with Crippen LogP contribution >= 0.6 is 0 Å². The molecule has 4 nitrogen and oxygen atoms in total. The highest BCUT2D eigenvalue weighted by atomic mass is 16.1. The van der Waals surface area contributed by atoms with Gasteiger partial charge in [0.25, 0.3) is 0 Å². The van der Waals surface area contributed by atoms with Crippen LogP contribution in [0, 0.1) is 0 Å². The van der Waals surface area contributed by atoms with Crippen LogP contribution in [0.4, 0.5) is 0 Å². The molecule has 1 aliphatic carbocycles. The Morgan fingerprint density at radius 3 is 3.05 bits per heavy atom. The molecule has 1 aromatic heterocycles. The summed E-state index contributed by atoms with van der Waals surface area (Å²) in [4.78, 5) is 12.5. The number of aromatic nitrogens is 3. The Hall–Kier alpha value is -1.97. The second-order valence-electron chi connectivity index (χ2n) is 5.17. The third kappa shape index (κ3) is 2.43. The number of nitrogens with zero attached hydrogens (tertiary/aromatic N) is 3. The molecular weight excluding hydrogens is 238 g/mol. The minimum Gasteiger partial charge on any atom is -0.299 e. The van der Waals surface area contributed by atoms with Crippen LogP contribution in [0.3, 0.4) is 0 Å². The molecule has 0 radical (unpaired) electrons. The van der Waals surface area contributed by atoms with Crippen molar-refractivity contribution in [2.45, 2.75) is 31.6 Å². The highest BCUT2D eigenvalue weighted by Crippen LogP contribution is 2.32. The van der Waals surface area contributed by atoms with Crippen molar-refractivity contribution in [2.24, 2.45) is 7.05 Å². The van der Waals surface area contributed by atoms with Gasteiger partial charge >= 0.3 is 0 Å². The van der Waals surface area contributed by atoms with Crippen LogP contribution in [0.5, 0.6) is 0 Å². The van der Waals surface area contributed by atoms with Gasteiger partial charge in [0.15, 0.2) is 0 Å². The molecule has 0 N–H and O–H groups in total. The van der Waals surface area contributed by atoms with Gasteiger partial charge in [0.2, 0.25) is 0 Å². The maximum atomic E-state index is 12.5. The summed E-state index contributed by atoms with van der Waals surface area (Å²) in [5, 5.41) is 7.87. The number of hydrogen-bond donors (Lipinski definition) is 0. The fraction of sp³-hybridized carbons (Fsp3) is 0.400. The van der Waals surface area contributed by atoms with E-state index in [1.54, 1.807) is 4.68 Å². The summed E-state index contributed by atoms with van der Waals surface area (Å²) in [6.07, 6.45) is 5.33. The minimum absolute atomic E-state index is 0.0342. The molecule has 3 rings (SSSR count). The van der Waals surface area contributed by atoms with Crippen LogP contribution < -0.4 is 0 Å². The van der Waals surface area contributed by atoms with E-state index in [-0.39, 0.29) is 11.7 Å². The molecule has 0 bridgehead atoms. The van der Waals surface area contributed by atoms with Crippen molar-refractivity contribution >= 4 is 5.78 Å². The molecule has 0 amide bonds. The van der Waals surface area contributed by atoms with Crippen molar-refractivity contribution in [3.05, 3.63) is 47.3 Å². The zero-order chi connectivity index (χ0) is 13.2. The second kappa shape index (κ2) is 4.96. The van der Waals surface area contributed by atoms with Crippen molar-refractivity contribution in [2.75, 3.05) is 0 Å². The molecule has 98 valence electrons. The first-order valence-corrected chi connectivity index (χ1v) is 6.70. The Kier molecular flexibility index (Phi) is 3.15. The molecule has 0 aliphatic heterocycles. The first-order chi connectivity index (χ1) is 9.24. The van der Waals surface area contributed by atoms with Gasteiger partial charge in [-0.3, -0.25) is 9.48 Å². The summed E-state index contributed by atoms with van der Waals surface area (Å²) < 4.78 is 1.64. The average Bonchev–Trinajstić information content (AvgIpc) is 2.83. The Balaban J connectivity index is 1.81. The van der Waals surface area contributed by atoms with Gasteiger partial charge in [-0.15, -0.1) is 5.10 Å². The van der Waals surface area contributed by atoms with Crippen molar-refractivity contribution in [1.82, 2.24) is 15.0 Å². The number of ketones is 1. The van der Waals surface area contributed by atoms with Crippen molar-refractivity contribution < 1.29 is 4.79 Å². The first kappa shape index (κ1) is 12.1. The lowest BCUT2D eigenvalue weighted by Gasteiger charge is -2.24. The monoisotopic (exact) mass is 255 g/mol. The van der Waals surface area contributed by atoms with E-state index in [2.05, 4.69) is 22.4 Å². The molecule has 1 unspecified atom stereocenters. The molecule has 19 heavy (non-hydrogen) atoms. The van der Waals surface area contributed by atoms with Gasteiger partial charge in [-0.2, -0.15) is 0 Å². The Labute approximate surface area is 112 Å². The lowest BCUT2D eigenvalue weighted by molar-refractivity contribution is -0.120. The number of carbonyl (C=O) groups excluding carboxylic acids is 1. The van der Waals surface area contributed by atoms with E-state index < -0.39 is 0 Å². The summed E-state index contributed by atoms with van der Waals surface area (Å²) in [6.45, 7) is 0. The van der Waals surface area contributed by atoms with Crippen LogP contribution in [-0.2, 0) is 24.7 Å². The maximum absolute atomic E-state index is 12.5. The standard InChI is InChI=1S/C15H17N3O/c1-18-10-12(16-17-18)9-15(19)14-8-4-6-11-5-2-3-7-13(11)14/h2-3,5,7,10,14H,4,6,8-9H2,1H3. The molecule has 1 aliphatic rings. The van der Waals surface area contributed by atoms with Gasteiger partial charge in [0.1, 0.15) is 5.78 Å². The van der Waals surface area contributed by atoms with E-state index in [9.17, 15) is 4.79 Å². The number of Topliss-reactive ketones (excluding diaryl/α,β-unsaturated/α-hetero) is 1. The zero-order valence-corrected chi connectivity index (χ0v) is 11.0. The van der Waals surface area contributed by atoms with E-state index in [4.69, 9.17) is 0 Å². The number of carbonyl (C=O) groups is 1. The number of aryl methyl sites for hydroxylation is 2. The summed E-state index contributed by atoms with van der Waals surface area (Å²) in [5.74, 6) is 0.291. The van der Waals surface area contributed by atoms with Crippen LogP contribution in [0.15, 0.2) is 30.5 Å². The van der Waals surface area contributed by atoms with Gasteiger partial charge in [0, 0.05) is 19.2 Å². The lowest BCUT2D eigenvalue weighted by Crippen LogP contribution is -2.20. The highest BCUT2D eigenvalue weighted by molar-refractivity contribution is 5.87. The molecule has 0 saturated carbocycles. The molecular formula is C15H17N3O. The van der Waals surface area contributed by atoms with Gasteiger partial charge in [0.05, 0.1) is 12.1 Å². The molecule has 0 spiro atoms. The van der Waals surface area contributed by atoms with Crippen molar-refractivity contribution in [1.29, 1.82) is 0 Å². The van der Waals surface area contributed by atoms with Crippen molar-refractivity contribution in [3.8, 4) is 0 Å². The predicted octanol–water partition coefficient (Wildman–Crippen LogP) is 2.05. The molecule has 0 fully saturated rings. The van der Waals surface area contributed by atoms with E-state index in [1.807, 2.05) is 25.4 Å². The largest absolute Gasteiger partial charge is 0.299 e. The Morgan fingerprint density at radius 1 is 1.42 bits per heavy atom. The van der Waals surface area contributed by atoms with Crippen LogP contribution in [-0.4, -0.2) is 20.8 Å². The summed E-state index contributed by atoms with van der Waals surface area (Å²) >= 11 is 0. The Morgan fingerprint density at radius 2 is 2.26 bits per heavy atom. The molecule has 2 aromatic rings. The zero-order valence-electron chi connectivity index (χ0n) is 11.0. The fourth-order valence-corrected chi connectivity index (χ4v) is 2.87. The SMILES string of the molecule is Cn1cc(CC(=O)C2CCCc3ccccc32)nn1. The van der Waals surface area contributed by atoms with Gasteiger partial charge in [-0.1, -0.05) is 29.5 Å². The van der Waals surface area contributed by atoms with Gasteiger partial charge in [-0.05, 0) is 30.4 Å². The third-order valence-electron chi connectivity index (χ3n) is 3.76. The Bertz CT molecular complexity index is 603. The number of rotatable bonds is 3. The quantitative estimate of drug-likeness (QED) is 0.843. The predicted molar refractivity (Wildman–Crippen MR) is 71.8 cm³/mol. The summed E-state index contributed by atoms with van der Waals surface area (Å²) in [6, 6.07) is 8.30. The van der Waals surface area contributed by atoms with Gasteiger partial charge < -0.3 is 0 Å². The van der Waals surface area contributed by atoms with E-state index >= 15 is 0 Å². The normalized spacial score (nSPS) is 18.1. The molecule has 0 saturated heterocycles. The molecule has 1 aromatic carbocycles. The fourth-order valence-electron chi connectivity index (χ4n) is 2.87. The number of benzene rings is 1. The minimum atomic E-state index is 0.0342. The molecule has 1 atom stereocenters. The molecule has 4 heteroatoms. The van der Waals surface area contributed by atoms with Crippen LogP contribution in [0.1, 0.15) is 35.6 Å². The van der Waals surface area contributed by atoms with Gasteiger partial charge in [-0.25, -0.2) is 0 Å².